The molecule has 146 valence electrons. The van der Waals surface area contributed by atoms with E-state index >= 15 is 0 Å². The highest BCUT2D eigenvalue weighted by atomic mass is 35.5. The highest BCUT2D eigenvalue weighted by Gasteiger charge is 2.24. The summed E-state index contributed by atoms with van der Waals surface area (Å²) >= 11 is 5.95. The summed E-state index contributed by atoms with van der Waals surface area (Å²) in [6.45, 7) is 4.25. The van der Waals surface area contributed by atoms with Crippen LogP contribution in [0.25, 0.3) is 0 Å². The van der Waals surface area contributed by atoms with Gasteiger partial charge in [-0.25, -0.2) is 0 Å². The molecule has 0 spiro atoms. The van der Waals surface area contributed by atoms with Gasteiger partial charge >= 0.3 is 0 Å². The minimum Gasteiger partial charge on any atom is -0.346 e. The molecule has 0 saturated carbocycles. The number of carbonyl (C=O) groups is 3. The number of likely N-dealkylation sites (tertiary alicyclic amines) is 1. The first-order chi connectivity index (χ1) is 13.0. The molecule has 0 unspecified atom stereocenters. The third-order valence-electron chi connectivity index (χ3n) is 4.99. The van der Waals surface area contributed by atoms with E-state index in [4.69, 9.17) is 11.6 Å². The molecule has 3 amide bonds. The number of amides is 3. The molecule has 0 atom stereocenters. The Labute approximate surface area is 164 Å². The highest BCUT2D eigenvalue weighted by Crippen LogP contribution is 2.14. The second kappa shape index (κ2) is 9.19. The third kappa shape index (κ3) is 5.43. The summed E-state index contributed by atoms with van der Waals surface area (Å²) in [5.74, 6) is -0.215. The van der Waals surface area contributed by atoms with Crippen LogP contribution >= 0.6 is 11.6 Å². The van der Waals surface area contributed by atoms with Crippen molar-refractivity contribution >= 4 is 29.3 Å². The summed E-state index contributed by atoms with van der Waals surface area (Å²) in [6, 6.07) is 6.93. The molecule has 2 aliphatic rings. The SMILES string of the molecule is O=C(CN1CCN(C(=O)c2cccc(Cl)c2)CC1)NCC(=O)N1CCCC1. The Hall–Kier alpha value is -2.12. The number of rotatable bonds is 5. The molecule has 0 aliphatic carbocycles. The Morgan fingerprint density at radius 2 is 1.67 bits per heavy atom. The number of nitrogens with one attached hydrogen (secondary N) is 1. The molecule has 2 aliphatic heterocycles. The Bertz CT molecular complexity index is 698. The van der Waals surface area contributed by atoms with Crippen molar-refractivity contribution in [3.63, 3.8) is 0 Å². The lowest BCUT2D eigenvalue weighted by molar-refractivity contribution is -0.132. The van der Waals surface area contributed by atoms with Crippen LogP contribution in [0.5, 0.6) is 0 Å². The molecule has 1 N–H and O–H groups in total. The van der Waals surface area contributed by atoms with Gasteiger partial charge in [-0.05, 0) is 31.0 Å². The van der Waals surface area contributed by atoms with Crippen molar-refractivity contribution < 1.29 is 14.4 Å². The first-order valence-corrected chi connectivity index (χ1v) is 9.72. The smallest absolute Gasteiger partial charge is 0.253 e. The van der Waals surface area contributed by atoms with Gasteiger partial charge in [-0.1, -0.05) is 17.7 Å². The summed E-state index contributed by atoms with van der Waals surface area (Å²) in [6.07, 6.45) is 2.08. The third-order valence-corrected chi connectivity index (χ3v) is 5.23. The van der Waals surface area contributed by atoms with Crippen LogP contribution in [0.3, 0.4) is 0 Å². The van der Waals surface area contributed by atoms with E-state index < -0.39 is 0 Å². The fourth-order valence-corrected chi connectivity index (χ4v) is 3.61. The lowest BCUT2D eigenvalue weighted by Crippen LogP contribution is -2.51. The number of carbonyl (C=O) groups excluding carboxylic acids is 3. The minimum atomic E-state index is -0.155. The van der Waals surface area contributed by atoms with Gasteiger partial charge in [0.1, 0.15) is 0 Å². The van der Waals surface area contributed by atoms with Gasteiger partial charge in [0, 0.05) is 49.9 Å². The maximum absolute atomic E-state index is 12.5. The number of benzene rings is 1. The van der Waals surface area contributed by atoms with Gasteiger partial charge in [-0.3, -0.25) is 19.3 Å². The number of hydrogen-bond donors (Lipinski definition) is 1. The van der Waals surface area contributed by atoms with Crippen LogP contribution in [0, 0.1) is 0 Å². The molecule has 2 heterocycles. The topological polar surface area (TPSA) is 73.0 Å². The van der Waals surface area contributed by atoms with E-state index in [2.05, 4.69) is 5.32 Å². The molecule has 2 fully saturated rings. The van der Waals surface area contributed by atoms with Crippen LogP contribution in [0.1, 0.15) is 23.2 Å². The normalized spacial score (nSPS) is 17.8. The minimum absolute atomic E-state index is 0.0159. The van der Waals surface area contributed by atoms with Crippen LogP contribution in [-0.2, 0) is 9.59 Å². The lowest BCUT2D eigenvalue weighted by Gasteiger charge is -2.34. The van der Waals surface area contributed by atoms with Crippen molar-refractivity contribution in [2.75, 3.05) is 52.4 Å². The number of piperazine rings is 1. The van der Waals surface area contributed by atoms with Crippen LogP contribution < -0.4 is 5.32 Å². The van der Waals surface area contributed by atoms with Crippen LogP contribution in [0.2, 0.25) is 5.02 Å². The molecular formula is C19H25ClN4O3. The monoisotopic (exact) mass is 392 g/mol. The fourth-order valence-electron chi connectivity index (χ4n) is 3.42. The summed E-state index contributed by atoms with van der Waals surface area (Å²) < 4.78 is 0. The molecule has 1 aromatic rings. The van der Waals surface area contributed by atoms with Crippen molar-refractivity contribution in [1.29, 1.82) is 0 Å². The maximum atomic E-state index is 12.5. The van der Waals surface area contributed by atoms with E-state index in [0.717, 1.165) is 25.9 Å². The molecule has 8 heteroatoms. The highest BCUT2D eigenvalue weighted by molar-refractivity contribution is 6.30. The van der Waals surface area contributed by atoms with Gasteiger partial charge in [0.2, 0.25) is 11.8 Å². The Balaban J connectivity index is 1.39. The van der Waals surface area contributed by atoms with Gasteiger partial charge in [0.05, 0.1) is 13.1 Å². The molecule has 0 radical (unpaired) electrons. The Kier molecular flexibility index (Phi) is 6.68. The lowest BCUT2D eigenvalue weighted by atomic mass is 10.2. The van der Waals surface area contributed by atoms with E-state index in [9.17, 15) is 14.4 Å². The first-order valence-electron chi connectivity index (χ1n) is 9.34. The predicted molar refractivity (Wildman–Crippen MR) is 103 cm³/mol. The van der Waals surface area contributed by atoms with E-state index in [0.29, 0.717) is 36.8 Å². The van der Waals surface area contributed by atoms with Gasteiger partial charge < -0.3 is 15.1 Å². The molecular weight excluding hydrogens is 368 g/mol. The molecule has 0 bridgehead atoms. The van der Waals surface area contributed by atoms with Crippen molar-refractivity contribution in [1.82, 2.24) is 20.0 Å². The van der Waals surface area contributed by atoms with E-state index in [1.54, 1.807) is 34.1 Å². The number of hydrogen-bond acceptors (Lipinski definition) is 4. The Morgan fingerprint density at radius 3 is 2.33 bits per heavy atom. The van der Waals surface area contributed by atoms with E-state index in [1.165, 1.54) is 0 Å². The summed E-state index contributed by atoms with van der Waals surface area (Å²) in [4.78, 5) is 42.1. The molecule has 2 saturated heterocycles. The zero-order valence-electron chi connectivity index (χ0n) is 15.3. The number of halogens is 1. The molecule has 3 rings (SSSR count). The molecule has 7 nitrogen and oxygen atoms in total. The maximum Gasteiger partial charge on any atom is 0.253 e. The average molecular weight is 393 g/mol. The van der Waals surface area contributed by atoms with Crippen LogP contribution in [0.4, 0.5) is 0 Å². The average Bonchev–Trinajstić information content (AvgIpc) is 3.21. The van der Waals surface area contributed by atoms with Crippen molar-refractivity contribution in [3.05, 3.63) is 34.9 Å². The van der Waals surface area contributed by atoms with Crippen molar-refractivity contribution in [2.24, 2.45) is 0 Å². The fraction of sp³-hybridized carbons (Fsp3) is 0.526. The van der Waals surface area contributed by atoms with Crippen LogP contribution in [-0.4, -0.2) is 84.8 Å². The van der Waals surface area contributed by atoms with E-state index in [-0.39, 0.29) is 30.8 Å². The summed E-state index contributed by atoms with van der Waals surface area (Å²) in [7, 11) is 0. The Morgan fingerprint density at radius 1 is 0.963 bits per heavy atom. The van der Waals surface area contributed by atoms with Gasteiger partial charge in [0.25, 0.3) is 5.91 Å². The predicted octanol–water partition coefficient (Wildman–Crippen LogP) is 0.836. The van der Waals surface area contributed by atoms with Crippen molar-refractivity contribution in [3.8, 4) is 0 Å². The van der Waals surface area contributed by atoms with Gasteiger partial charge in [0.15, 0.2) is 0 Å². The second-order valence-corrected chi connectivity index (χ2v) is 7.38. The zero-order valence-corrected chi connectivity index (χ0v) is 16.1. The molecule has 0 aromatic heterocycles. The van der Waals surface area contributed by atoms with Gasteiger partial charge in [-0.2, -0.15) is 0 Å². The van der Waals surface area contributed by atoms with E-state index in [1.807, 2.05) is 4.90 Å². The zero-order chi connectivity index (χ0) is 19.2. The summed E-state index contributed by atoms with van der Waals surface area (Å²) in [5, 5.41) is 3.25. The molecule has 1 aromatic carbocycles. The quantitative estimate of drug-likeness (QED) is 0.805. The largest absolute Gasteiger partial charge is 0.346 e. The van der Waals surface area contributed by atoms with Crippen molar-refractivity contribution in [2.45, 2.75) is 12.8 Å². The second-order valence-electron chi connectivity index (χ2n) is 6.94. The van der Waals surface area contributed by atoms with Gasteiger partial charge in [-0.15, -0.1) is 0 Å². The molecule has 27 heavy (non-hydrogen) atoms. The standard InChI is InChI=1S/C19H25ClN4O3/c20-16-5-3-4-15(12-16)19(27)24-10-8-22(9-11-24)14-17(25)21-13-18(26)23-6-1-2-7-23/h3-5,12H,1-2,6-11,13-14H2,(H,21,25). The number of nitrogens with zero attached hydrogens (tertiary/aromatic N) is 3. The summed E-state index contributed by atoms with van der Waals surface area (Å²) in [5.41, 5.74) is 0.578. The first kappa shape index (κ1) is 19.6. The van der Waals surface area contributed by atoms with Crippen LogP contribution in [0.15, 0.2) is 24.3 Å².